The second-order valence-electron chi connectivity index (χ2n) is 6.10. The highest BCUT2D eigenvalue weighted by Crippen LogP contribution is 2.57. The van der Waals surface area contributed by atoms with Gasteiger partial charge in [0, 0.05) is 11.6 Å². The van der Waals surface area contributed by atoms with Gasteiger partial charge in [-0.25, -0.2) is 0 Å². The molecule has 5 nitrogen and oxygen atoms in total. The molecule has 1 N–H and O–H groups in total. The van der Waals surface area contributed by atoms with E-state index in [-0.39, 0.29) is 18.0 Å². The second kappa shape index (κ2) is 4.58. The Morgan fingerprint density at radius 3 is 2.70 bits per heavy atom. The van der Waals surface area contributed by atoms with Crippen molar-refractivity contribution in [2.45, 2.75) is 32.1 Å². The van der Waals surface area contributed by atoms with Crippen LogP contribution in [0.15, 0.2) is 24.3 Å². The van der Waals surface area contributed by atoms with Crippen LogP contribution in [-0.2, 0) is 11.2 Å². The van der Waals surface area contributed by atoms with Gasteiger partial charge in [-0.1, -0.05) is 24.6 Å². The van der Waals surface area contributed by atoms with Crippen LogP contribution in [-0.4, -0.2) is 16.0 Å². The van der Waals surface area contributed by atoms with Crippen molar-refractivity contribution in [3.05, 3.63) is 39.9 Å². The molecule has 106 valence electrons. The van der Waals surface area contributed by atoms with Crippen molar-refractivity contribution >= 4 is 11.7 Å². The van der Waals surface area contributed by atoms with Gasteiger partial charge in [-0.15, -0.1) is 0 Å². The number of nitrogens with zero attached hydrogens (tertiary/aromatic N) is 1. The molecule has 2 aliphatic carbocycles. The number of nitro benzene ring substituents is 1. The summed E-state index contributed by atoms with van der Waals surface area (Å²) < 4.78 is 0. The number of carbonyl (C=O) groups is 1. The van der Waals surface area contributed by atoms with Crippen LogP contribution in [0, 0.1) is 27.4 Å². The first-order valence-corrected chi connectivity index (χ1v) is 6.98. The number of carboxylic acid groups (broad SMARTS) is 1. The van der Waals surface area contributed by atoms with Crippen molar-refractivity contribution in [3.63, 3.8) is 0 Å². The van der Waals surface area contributed by atoms with Crippen LogP contribution < -0.4 is 0 Å². The van der Waals surface area contributed by atoms with Gasteiger partial charge in [0.15, 0.2) is 0 Å². The van der Waals surface area contributed by atoms with Crippen LogP contribution in [0.1, 0.15) is 31.2 Å². The van der Waals surface area contributed by atoms with Crippen molar-refractivity contribution in [2.24, 2.45) is 17.3 Å². The molecule has 5 heteroatoms. The molecule has 0 amide bonds. The number of hydrogen-bond acceptors (Lipinski definition) is 3. The van der Waals surface area contributed by atoms with Gasteiger partial charge in [0.05, 0.1) is 10.3 Å². The van der Waals surface area contributed by atoms with Gasteiger partial charge in [0.1, 0.15) is 0 Å². The number of hydrogen-bond donors (Lipinski definition) is 1. The van der Waals surface area contributed by atoms with Crippen molar-refractivity contribution in [2.75, 3.05) is 0 Å². The molecule has 0 radical (unpaired) electrons. The van der Waals surface area contributed by atoms with Crippen LogP contribution in [0.3, 0.4) is 0 Å². The number of benzene rings is 1. The lowest BCUT2D eigenvalue weighted by molar-refractivity contribution is -0.385. The predicted molar refractivity (Wildman–Crippen MR) is 72.3 cm³/mol. The highest BCUT2D eigenvalue weighted by molar-refractivity contribution is 5.76. The van der Waals surface area contributed by atoms with E-state index in [1.54, 1.807) is 18.2 Å². The molecule has 0 spiro atoms. The zero-order valence-corrected chi connectivity index (χ0v) is 11.1. The maximum Gasteiger partial charge on any atom is 0.310 e. The Balaban J connectivity index is 1.96. The summed E-state index contributed by atoms with van der Waals surface area (Å²) in [5.41, 5.74) is -0.210. The standard InChI is InChI=1S/C15H17NO4/c17-14(18)15(8-10-5-6-12(15)7-10)9-11-3-1-2-4-13(11)16(19)20/h1-4,10,12H,5-9H2,(H,17,18). The number of rotatable bonds is 4. The molecule has 3 atom stereocenters. The fourth-order valence-electron chi connectivity index (χ4n) is 4.18. The predicted octanol–water partition coefficient (Wildman–Crippen LogP) is 3.03. The van der Waals surface area contributed by atoms with Crippen LogP contribution >= 0.6 is 0 Å². The van der Waals surface area contributed by atoms with E-state index in [0.717, 1.165) is 19.3 Å². The van der Waals surface area contributed by atoms with Gasteiger partial charge in [0.2, 0.25) is 0 Å². The van der Waals surface area contributed by atoms with Crippen molar-refractivity contribution in [1.29, 1.82) is 0 Å². The summed E-state index contributed by atoms with van der Waals surface area (Å²) in [6.07, 6.45) is 3.96. The molecule has 3 rings (SSSR count). The average molecular weight is 275 g/mol. The number of para-hydroxylation sites is 1. The summed E-state index contributed by atoms with van der Waals surface area (Å²) >= 11 is 0. The third-order valence-electron chi connectivity index (χ3n) is 5.10. The molecule has 2 fully saturated rings. The van der Waals surface area contributed by atoms with Gasteiger partial charge in [0.25, 0.3) is 5.69 Å². The van der Waals surface area contributed by atoms with E-state index in [1.165, 1.54) is 6.07 Å². The van der Waals surface area contributed by atoms with E-state index in [9.17, 15) is 20.0 Å². The first-order valence-electron chi connectivity index (χ1n) is 6.98. The van der Waals surface area contributed by atoms with E-state index in [4.69, 9.17) is 0 Å². The minimum Gasteiger partial charge on any atom is -0.481 e. The third kappa shape index (κ3) is 1.88. The third-order valence-corrected chi connectivity index (χ3v) is 5.10. The van der Waals surface area contributed by atoms with Crippen LogP contribution in [0.5, 0.6) is 0 Å². The maximum atomic E-state index is 11.8. The van der Waals surface area contributed by atoms with Gasteiger partial charge < -0.3 is 5.11 Å². The van der Waals surface area contributed by atoms with E-state index in [1.807, 2.05) is 0 Å². The number of fused-ring (bicyclic) bond motifs is 2. The maximum absolute atomic E-state index is 11.8. The van der Waals surface area contributed by atoms with Crippen molar-refractivity contribution in [1.82, 2.24) is 0 Å². The Labute approximate surface area is 116 Å². The topological polar surface area (TPSA) is 80.4 Å². The summed E-state index contributed by atoms with van der Waals surface area (Å²) in [4.78, 5) is 22.5. The molecule has 1 aromatic rings. The number of nitro groups is 1. The molecule has 20 heavy (non-hydrogen) atoms. The zero-order chi connectivity index (χ0) is 14.3. The van der Waals surface area contributed by atoms with Crippen molar-refractivity contribution < 1.29 is 14.8 Å². The van der Waals surface area contributed by atoms with Gasteiger partial charge in [-0.3, -0.25) is 14.9 Å². The van der Waals surface area contributed by atoms with E-state index in [0.29, 0.717) is 17.9 Å². The molecule has 0 saturated heterocycles. The first-order chi connectivity index (χ1) is 9.53. The normalized spacial score (nSPS) is 31.4. The summed E-state index contributed by atoms with van der Waals surface area (Å²) in [6.45, 7) is 0. The quantitative estimate of drug-likeness (QED) is 0.676. The molecular formula is C15H17NO4. The SMILES string of the molecule is O=C(O)C1(Cc2ccccc2[N+](=O)[O-])CC2CCC1C2. The molecule has 2 aliphatic rings. The smallest absolute Gasteiger partial charge is 0.310 e. The Morgan fingerprint density at radius 2 is 2.15 bits per heavy atom. The average Bonchev–Trinajstić information content (AvgIpc) is 3.00. The van der Waals surface area contributed by atoms with Gasteiger partial charge >= 0.3 is 5.97 Å². The Kier molecular flexibility index (Phi) is 3.00. The number of aliphatic carboxylic acids is 1. The first kappa shape index (κ1) is 13.1. The lowest BCUT2D eigenvalue weighted by atomic mass is 9.69. The van der Waals surface area contributed by atoms with E-state index >= 15 is 0 Å². The summed E-state index contributed by atoms with van der Waals surface area (Å²) in [6, 6.07) is 6.51. The molecule has 2 bridgehead atoms. The highest BCUT2D eigenvalue weighted by Gasteiger charge is 2.56. The monoisotopic (exact) mass is 275 g/mol. The Hall–Kier alpha value is -1.91. The fourth-order valence-corrected chi connectivity index (χ4v) is 4.18. The van der Waals surface area contributed by atoms with Crippen LogP contribution in [0.4, 0.5) is 5.69 Å². The molecular weight excluding hydrogens is 258 g/mol. The van der Waals surface area contributed by atoms with Crippen LogP contribution in [0.2, 0.25) is 0 Å². The van der Waals surface area contributed by atoms with Gasteiger partial charge in [-0.2, -0.15) is 0 Å². The summed E-state index contributed by atoms with van der Waals surface area (Å²) in [7, 11) is 0. The lowest BCUT2D eigenvalue weighted by Gasteiger charge is -2.33. The highest BCUT2D eigenvalue weighted by atomic mass is 16.6. The Bertz CT molecular complexity index is 571. The minimum absolute atomic E-state index is 0.0379. The molecule has 0 aliphatic heterocycles. The van der Waals surface area contributed by atoms with Gasteiger partial charge in [-0.05, 0) is 37.5 Å². The van der Waals surface area contributed by atoms with Crippen LogP contribution in [0.25, 0.3) is 0 Å². The summed E-state index contributed by atoms with van der Waals surface area (Å²) in [5.74, 6) is -0.133. The summed E-state index contributed by atoms with van der Waals surface area (Å²) in [5, 5.41) is 20.8. The largest absolute Gasteiger partial charge is 0.481 e. The number of carboxylic acids is 1. The molecule has 3 unspecified atom stereocenters. The van der Waals surface area contributed by atoms with Crippen molar-refractivity contribution in [3.8, 4) is 0 Å². The zero-order valence-electron chi connectivity index (χ0n) is 11.1. The molecule has 0 heterocycles. The van der Waals surface area contributed by atoms with E-state index in [2.05, 4.69) is 0 Å². The second-order valence-corrected chi connectivity index (χ2v) is 6.10. The molecule has 0 aromatic heterocycles. The molecule has 2 saturated carbocycles. The molecule has 1 aromatic carbocycles. The fraction of sp³-hybridized carbons (Fsp3) is 0.533. The lowest BCUT2D eigenvalue weighted by Crippen LogP contribution is -2.38. The Morgan fingerprint density at radius 1 is 1.40 bits per heavy atom. The minimum atomic E-state index is -0.797. The van der Waals surface area contributed by atoms with E-state index < -0.39 is 16.3 Å².